The first-order valence-corrected chi connectivity index (χ1v) is 5.38. The summed E-state index contributed by atoms with van der Waals surface area (Å²) in [6.45, 7) is 6.29. The first kappa shape index (κ1) is 14.2. The van der Waals surface area contributed by atoms with Gasteiger partial charge in [-0.15, -0.1) is 0 Å². The molecule has 90 valence electrons. The Labute approximate surface area is 91.9 Å². The zero-order valence-electron chi connectivity index (χ0n) is 9.94. The van der Waals surface area contributed by atoms with Gasteiger partial charge in [0.05, 0.1) is 12.6 Å². The Morgan fingerprint density at radius 3 is 2.73 bits per heavy atom. The lowest BCUT2D eigenvalue weighted by molar-refractivity contribution is 0.105. The molecule has 0 fully saturated rings. The smallest absolute Gasteiger partial charge is 0.156 e. The highest BCUT2D eigenvalue weighted by Gasteiger charge is 2.12. The van der Waals surface area contributed by atoms with Gasteiger partial charge in [0, 0.05) is 13.2 Å². The molecule has 0 rings (SSSR count). The lowest BCUT2D eigenvalue weighted by Crippen LogP contribution is -2.41. The number of amidine groups is 1. The van der Waals surface area contributed by atoms with Crippen LogP contribution in [0.5, 0.6) is 0 Å². The molecule has 1 atom stereocenters. The average Bonchev–Trinajstić information content (AvgIpc) is 2.26. The van der Waals surface area contributed by atoms with Gasteiger partial charge >= 0.3 is 0 Å². The van der Waals surface area contributed by atoms with E-state index in [2.05, 4.69) is 12.1 Å². The molecule has 15 heavy (non-hydrogen) atoms. The number of oxime groups is 1. The van der Waals surface area contributed by atoms with Gasteiger partial charge in [0.15, 0.2) is 5.84 Å². The van der Waals surface area contributed by atoms with Crippen LogP contribution in [-0.4, -0.2) is 48.8 Å². The Morgan fingerprint density at radius 2 is 2.20 bits per heavy atom. The minimum absolute atomic E-state index is 0.0650. The molecule has 5 nitrogen and oxygen atoms in total. The summed E-state index contributed by atoms with van der Waals surface area (Å²) in [5, 5.41) is 11.5. The predicted octanol–water partition coefficient (Wildman–Crippen LogP) is 0.870. The number of nitrogens with two attached hydrogens (primary N) is 1. The molecule has 3 N–H and O–H groups in total. The molecule has 0 aromatic heterocycles. The largest absolute Gasteiger partial charge is 0.409 e. The van der Waals surface area contributed by atoms with Crippen molar-refractivity contribution in [2.24, 2.45) is 10.9 Å². The van der Waals surface area contributed by atoms with E-state index >= 15 is 0 Å². The molecule has 0 radical (unpaired) electrons. The lowest BCUT2D eigenvalue weighted by atomic mass is 10.3. The molecule has 0 amide bonds. The lowest BCUT2D eigenvalue weighted by Gasteiger charge is -2.23. The average molecular weight is 217 g/mol. The zero-order chi connectivity index (χ0) is 11.7. The fraction of sp³-hybridized carbons (Fsp3) is 0.900. The molecule has 1 unspecified atom stereocenters. The summed E-state index contributed by atoms with van der Waals surface area (Å²) in [7, 11) is 1.92. The maximum absolute atomic E-state index is 8.50. The minimum atomic E-state index is -0.0650. The first-order chi connectivity index (χ1) is 7.13. The molecule has 0 aromatic carbocycles. The van der Waals surface area contributed by atoms with Crippen molar-refractivity contribution < 1.29 is 9.94 Å². The van der Waals surface area contributed by atoms with Crippen molar-refractivity contribution in [3.8, 4) is 0 Å². The molecule has 0 saturated carbocycles. The van der Waals surface area contributed by atoms with Crippen molar-refractivity contribution in [2.75, 3.05) is 26.8 Å². The Balaban J connectivity index is 3.60. The van der Waals surface area contributed by atoms with E-state index in [9.17, 15) is 0 Å². The molecule has 0 aliphatic heterocycles. The van der Waals surface area contributed by atoms with E-state index in [4.69, 9.17) is 15.7 Å². The van der Waals surface area contributed by atoms with E-state index in [0.717, 1.165) is 26.0 Å². The van der Waals surface area contributed by atoms with Crippen molar-refractivity contribution >= 4 is 5.84 Å². The predicted molar refractivity (Wildman–Crippen MR) is 61.2 cm³/mol. The maximum atomic E-state index is 8.50. The van der Waals surface area contributed by atoms with E-state index in [1.165, 1.54) is 0 Å². The molecular weight excluding hydrogens is 194 g/mol. The number of likely N-dealkylation sites (N-methyl/N-ethyl adjacent to an activating group) is 1. The monoisotopic (exact) mass is 217 g/mol. The molecule has 0 saturated heterocycles. The Hall–Kier alpha value is -0.810. The summed E-state index contributed by atoms with van der Waals surface area (Å²) < 4.78 is 5.42. The second kappa shape index (κ2) is 8.49. The van der Waals surface area contributed by atoms with Crippen LogP contribution in [0.3, 0.4) is 0 Å². The number of ether oxygens (including phenoxy) is 1. The van der Waals surface area contributed by atoms with Crippen molar-refractivity contribution in [2.45, 2.75) is 32.7 Å². The number of nitrogens with zero attached hydrogens (tertiary/aromatic N) is 2. The fourth-order valence-corrected chi connectivity index (χ4v) is 1.06. The standard InChI is InChI=1S/C10H23N3O2/c1-4-5-7-15-8-6-13(3)9(2)10(11)12-14/h9,14H,4-8H2,1-3H3,(H2,11,12). The van der Waals surface area contributed by atoms with Crippen LogP contribution in [0.15, 0.2) is 5.16 Å². The van der Waals surface area contributed by atoms with Gasteiger partial charge in [-0.05, 0) is 20.4 Å². The molecule has 0 spiro atoms. The summed E-state index contributed by atoms with van der Waals surface area (Å²) >= 11 is 0. The van der Waals surface area contributed by atoms with Gasteiger partial charge in [-0.3, -0.25) is 4.90 Å². The highest BCUT2D eigenvalue weighted by Crippen LogP contribution is 1.96. The minimum Gasteiger partial charge on any atom is -0.409 e. The van der Waals surface area contributed by atoms with Crippen molar-refractivity contribution in [3.05, 3.63) is 0 Å². The van der Waals surface area contributed by atoms with Gasteiger partial charge < -0.3 is 15.7 Å². The first-order valence-electron chi connectivity index (χ1n) is 5.38. The summed E-state index contributed by atoms with van der Waals surface area (Å²) in [5.41, 5.74) is 5.49. The summed E-state index contributed by atoms with van der Waals surface area (Å²) in [6.07, 6.45) is 2.25. The second-order valence-electron chi connectivity index (χ2n) is 3.65. The molecule has 0 aliphatic carbocycles. The van der Waals surface area contributed by atoms with Crippen LogP contribution >= 0.6 is 0 Å². The molecule has 0 heterocycles. The van der Waals surface area contributed by atoms with Gasteiger partial charge in [-0.25, -0.2) is 0 Å². The summed E-state index contributed by atoms with van der Waals surface area (Å²) in [5.74, 6) is 0.228. The van der Waals surface area contributed by atoms with Crippen LogP contribution in [0, 0.1) is 0 Å². The molecular formula is C10H23N3O2. The van der Waals surface area contributed by atoms with Gasteiger partial charge in [0.25, 0.3) is 0 Å². The van der Waals surface area contributed by atoms with Crippen molar-refractivity contribution in [3.63, 3.8) is 0 Å². The van der Waals surface area contributed by atoms with Crippen molar-refractivity contribution in [1.29, 1.82) is 0 Å². The third kappa shape index (κ3) is 6.30. The van der Waals surface area contributed by atoms with Crippen LogP contribution in [0.1, 0.15) is 26.7 Å². The summed E-state index contributed by atoms with van der Waals surface area (Å²) in [6, 6.07) is -0.0650. The third-order valence-corrected chi connectivity index (χ3v) is 2.44. The molecule has 5 heteroatoms. The molecule has 0 bridgehead atoms. The van der Waals surface area contributed by atoms with Crippen LogP contribution in [0.25, 0.3) is 0 Å². The van der Waals surface area contributed by atoms with Gasteiger partial charge in [-0.1, -0.05) is 18.5 Å². The van der Waals surface area contributed by atoms with Crippen LogP contribution in [-0.2, 0) is 4.74 Å². The highest BCUT2D eigenvalue weighted by molar-refractivity contribution is 5.84. The Kier molecular flexibility index (Phi) is 8.04. The van der Waals surface area contributed by atoms with Crippen LogP contribution < -0.4 is 5.73 Å². The van der Waals surface area contributed by atoms with E-state index in [1.54, 1.807) is 0 Å². The quantitative estimate of drug-likeness (QED) is 0.208. The Bertz CT molecular complexity index is 186. The Morgan fingerprint density at radius 1 is 1.53 bits per heavy atom. The summed E-state index contributed by atoms with van der Waals surface area (Å²) in [4.78, 5) is 1.99. The van der Waals surface area contributed by atoms with E-state index < -0.39 is 0 Å². The third-order valence-electron chi connectivity index (χ3n) is 2.44. The van der Waals surface area contributed by atoms with E-state index in [0.29, 0.717) is 6.61 Å². The van der Waals surface area contributed by atoms with E-state index in [1.807, 2.05) is 18.9 Å². The molecule has 0 aliphatic rings. The topological polar surface area (TPSA) is 71.1 Å². The fourth-order valence-electron chi connectivity index (χ4n) is 1.06. The number of unbranched alkanes of at least 4 members (excludes halogenated alkanes) is 1. The van der Waals surface area contributed by atoms with Crippen LogP contribution in [0.2, 0.25) is 0 Å². The zero-order valence-corrected chi connectivity index (χ0v) is 9.94. The van der Waals surface area contributed by atoms with E-state index in [-0.39, 0.29) is 11.9 Å². The van der Waals surface area contributed by atoms with Crippen molar-refractivity contribution in [1.82, 2.24) is 4.90 Å². The second-order valence-corrected chi connectivity index (χ2v) is 3.65. The molecule has 0 aromatic rings. The normalized spacial score (nSPS) is 14.5. The SMILES string of the molecule is CCCCOCCN(C)C(C)C(N)=NO. The van der Waals surface area contributed by atoms with Gasteiger partial charge in [0.1, 0.15) is 0 Å². The number of hydrogen-bond donors (Lipinski definition) is 2. The van der Waals surface area contributed by atoms with Crippen LogP contribution in [0.4, 0.5) is 0 Å². The van der Waals surface area contributed by atoms with Gasteiger partial charge in [0.2, 0.25) is 0 Å². The maximum Gasteiger partial charge on any atom is 0.156 e. The number of hydrogen-bond acceptors (Lipinski definition) is 4. The highest BCUT2D eigenvalue weighted by atomic mass is 16.5. The number of rotatable bonds is 8. The van der Waals surface area contributed by atoms with Gasteiger partial charge in [-0.2, -0.15) is 0 Å².